The Balaban J connectivity index is 1.04. The molecule has 0 unspecified atom stereocenters. The van der Waals surface area contributed by atoms with E-state index in [9.17, 15) is 0 Å². The zero-order chi connectivity index (χ0) is 49.3. The normalized spacial score (nSPS) is 13.4. The molecule has 0 fully saturated rings. The zero-order valence-corrected chi connectivity index (χ0v) is 42.5. The Morgan fingerprint density at radius 1 is 0.347 bits per heavy atom. The molecule has 72 heavy (non-hydrogen) atoms. The second-order valence-electron chi connectivity index (χ2n) is 22.7. The van der Waals surface area contributed by atoms with Crippen LogP contribution in [0.1, 0.15) is 77.6 Å². The van der Waals surface area contributed by atoms with E-state index in [0.717, 1.165) is 34.1 Å². The summed E-state index contributed by atoms with van der Waals surface area (Å²) in [7, 11) is 0. The summed E-state index contributed by atoms with van der Waals surface area (Å²) in [6.45, 7) is 18.6. The van der Waals surface area contributed by atoms with Crippen LogP contribution >= 0.6 is 0 Å². The quantitative estimate of drug-likeness (QED) is 0.158. The monoisotopic (exact) mass is 929 g/mol. The number of para-hydroxylation sites is 2. The lowest BCUT2D eigenvalue weighted by atomic mass is 9.81. The van der Waals surface area contributed by atoms with Crippen molar-refractivity contribution in [3.8, 4) is 22.3 Å². The molecule has 0 saturated heterocycles. The predicted octanol–water partition coefficient (Wildman–Crippen LogP) is 19.5. The molecule has 2 aromatic heterocycles. The van der Waals surface area contributed by atoms with Gasteiger partial charge in [-0.2, -0.15) is 0 Å². The predicted molar refractivity (Wildman–Crippen MR) is 308 cm³/mol. The summed E-state index contributed by atoms with van der Waals surface area (Å²) in [4.78, 5) is 4.85. The Morgan fingerprint density at radius 3 is 1.43 bits per heavy atom. The molecule has 0 N–H and O–H groups in total. The maximum atomic E-state index is 2.60. The van der Waals surface area contributed by atoms with Crippen LogP contribution in [0.4, 0.5) is 34.1 Å². The van der Waals surface area contributed by atoms with Crippen LogP contribution in [0.5, 0.6) is 0 Å². The Morgan fingerprint density at radius 2 is 0.833 bits per heavy atom. The number of hydrogen-bond donors (Lipinski definition) is 0. The van der Waals surface area contributed by atoms with Gasteiger partial charge in [0, 0.05) is 66.5 Å². The van der Waals surface area contributed by atoms with Crippen molar-refractivity contribution in [1.82, 2.24) is 4.40 Å². The van der Waals surface area contributed by atoms with Crippen molar-refractivity contribution < 1.29 is 0 Å². The molecule has 350 valence electrons. The van der Waals surface area contributed by atoms with Crippen LogP contribution in [0.2, 0.25) is 0 Å². The Kier molecular flexibility index (Phi) is 9.70. The minimum absolute atomic E-state index is 0.00464. The average Bonchev–Trinajstić information content (AvgIpc) is 3.98. The number of aromatic nitrogens is 1. The molecule has 1 aliphatic rings. The molecule has 0 atom stereocenters. The topological polar surface area (TPSA) is 10.9 Å². The van der Waals surface area contributed by atoms with Crippen LogP contribution in [-0.4, -0.2) is 4.40 Å². The van der Waals surface area contributed by atoms with Gasteiger partial charge < -0.3 is 14.2 Å². The van der Waals surface area contributed by atoms with Crippen molar-refractivity contribution in [3.63, 3.8) is 0 Å². The van der Waals surface area contributed by atoms with Crippen molar-refractivity contribution >= 4 is 83.0 Å². The lowest BCUT2D eigenvalue weighted by Crippen LogP contribution is -2.17. The first-order valence-corrected chi connectivity index (χ1v) is 25.6. The second kappa shape index (κ2) is 15.9. The van der Waals surface area contributed by atoms with E-state index in [-0.39, 0.29) is 16.2 Å². The third-order valence-electron chi connectivity index (χ3n) is 15.7. The number of nitrogens with zero attached hydrogens (tertiary/aromatic N) is 3. The van der Waals surface area contributed by atoms with Crippen LogP contribution in [-0.2, 0) is 16.2 Å². The summed E-state index contributed by atoms with van der Waals surface area (Å²) in [6, 6.07) is 79.6. The van der Waals surface area contributed by atoms with E-state index < -0.39 is 0 Å². The van der Waals surface area contributed by atoms with Crippen molar-refractivity contribution in [2.45, 2.75) is 71.6 Å². The molecule has 1 aliphatic carbocycles. The van der Waals surface area contributed by atoms with Gasteiger partial charge in [-0.1, -0.05) is 171 Å². The van der Waals surface area contributed by atoms with Crippen molar-refractivity contribution in [1.29, 1.82) is 0 Å². The van der Waals surface area contributed by atoms with Gasteiger partial charge in [0.05, 0.1) is 16.6 Å². The van der Waals surface area contributed by atoms with E-state index in [2.05, 4.69) is 282 Å². The van der Waals surface area contributed by atoms with Gasteiger partial charge in [0.1, 0.15) is 0 Å². The molecule has 0 radical (unpaired) electrons. The summed E-state index contributed by atoms with van der Waals surface area (Å²) in [6.07, 6.45) is 0. The first kappa shape index (κ1) is 43.8. The molecular weight excluding hydrogens is 871 g/mol. The SMILES string of the molecule is CC(C)(C)c1cccc(N(c2ccccc2)c2ccc3c(c2)C(C)(C)c2cc4c(ccc5c6cc(-c7ccccc7)cc7c8ccc(N(c9ccccc9)c9cccc(C(C)(C)C)c9)cc8n(c45)c76)cc2-3)c1. The second-order valence-corrected chi connectivity index (χ2v) is 22.7. The fourth-order valence-corrected chi connectivity index (χ4v) is 11.9. The van der Waals surface area contributed by atoms with Crippen molar-refractivity contribution in [3.05, 3.63) is 235 Å². The van der Waals surface area contributed by atoms with Crippen LogP contribution in [0, 0.1) is 0 Å². The van der Waals surface area contributed by atoms with E-state index in [4.69, 9.17) is 0 Å². The van der Waals surface area contributed by atoms with Gasteiger partial charge in [-0.05, 0) is 158 Å². The maximum absolute atomic E-state index is 2.60. The van der Waals surface area contributed by atoms with E-state index >= 15 is 0 Å². The standard InChI is InChI=1S/C69H59N3/c1-67(2,3)47-22-18-28-51(39-47)70(49-24-14-10-15-25-49)53-31-34-55-59-36-45-30-33-57-61-38-46(44-20-12-9-13-21-44)37-60-56-35-32-54(71(50-26-16-11-17-27-50)52-29-19-23-48(40-52)68(4,5)6)42-64(56)72(66(60)61)65(57)58(45)43-63(59)69(7,8)62(55)41-53/h9-43H,1-8H3. The molecule has 13 rings (SSSR count). The van der Waals surface area contributed by atoms with Gasteiger partial charge in [-0.25, -0.2) is 0 Å². The number of rotatable bonds is 7. The van der Waals surface area contributed by atoms with Gasteiger partial charge in [-0.15, -0.1) is 0 Å². The van der Waals surface area contributed by atoms with E-state index in [1.165, 1.54) is 93.4 Å². The summed E-state index contributed by atoms with van der Waals surface area (Å²) in [5.74, 6) is 0. The van der Waals surface area contributed by atoms with E-state index in [1.54, 1.807) is 0 Å². The van der Waals surface area contributed by atoms with E-state index in [1.807, 2.05) is 0 Å². The van der Waals surface area contributed by atoms with Crippen LogP contribution in [0.15, 0.2) is 212 Å². The van der Waals surface area contributed by atoms with Crippen molar-refractivity contribution in [2.24, 2.45) is 0 Å². The largest absolute Gasteiger partial charge is 0.310 e. The number of benzene rings is 10. The van der Waals surface area contributed by atoms with Gasteiger partial charge in [0.25, 0.3) is 0 Å². The molecular formula is C69H59N3. The van der Waals surface area contributed by atoms with E-state index in [0.29, 0.717) is 0 Å². The first-order chi connectivity index (χ1) is 34.7. The summed E-state index contributed by atoms with van der Waals surface area (Å²) < 4.78 is 2.60. The molecule has 0 amide bonds. The molecule has 0 bridgehead atoms. The van der Waals surface area contributed by atoms with Gasteiger partial charge in [0.15, 0.2) is 0 Å². The molecule has 3 nitrogen and oxygen atoms in total. The highest BCUT2D eigenvalue weighted by atomic mass is 15.1. The fraction of sp³-hybridized carbons (Fsp3) is 0.159. The Labute approximate surface area is 423 Å². The van der Waals surface area contributed by atoms with Crippen LogP contribution in [0.3, 0.4) is 0 Å². The summed E-state index contributed by atoms with van der Waals surface area (Å²) in [5, 5.41) is 7.61. The van der Waals surface area contributed by atoms with Crippen LogP contribution in [0.25, 0.3) is 71.1 Å². The maximum Gasteiger partial charge on any atom is 0.0621 e. The fourth-order valence-electron chi connectivity index (χ4n) is 11.9. The molecule has 10 aromatic carbocycles. The minimum atomic E-state index is -0.266. The lowest BCUT2D eigenvalue weighted by molar-refractivity contribution is 0.590. The van der Waals surface area contributed by atoms with Gasteiger partial charge >= 0.3 is 0 Å². The zero-order valence-electron chi connectivity index (χ0n) is 42.5. The van der Waals surface area contributed by atoms with Crippen molar-refractivity contribution in [2.75, 3.05) is 9.80 Å². The number of hydrogen-bond acceptors (Lipinski definition) is 2. The third-order valence-corrected chi connectivity index (χ3v) is 15.7. The highest BCUT2D eigenvalue weighted by molar-refractivity contribution is 6.28. The molecule has 0 spiro atoms. The smallest absolute Gasteiger partial charge is 0.0621 e. The van der Waals surface area contributed by atoms with Gasteiger partial charge in [-0.3, -0.25) is 0 Å². The summed E-state index contributed by atoms with van der Waals surface area (Å²) in [5.41, 5.74) is 20.8. The molecule has 12 aromatic rings. The Hall–Kier alpha value is -8.14. The third kappa shape index (κ3) is 6.85. The average molecular weight is 930 g/mol. The lowest BCUT2D eigenvalue weighted by Gasteiger charge is -2.29. The summed E-state index contributed by atoms with van der Waals surface area (Å²) >= 11 is 0. The molecule has 3 heteroatoms. The molecule has 0 saturated carbocycles. The van der Waals surface area contributed by atoms with Gasteiger partial charge in [0.2, 0.25) is 0 Å². The first-order valence-electron chi connectivity index (χ1n) is 25.6. The number of fused-ring (bicyclic) bond motifs is 11. The highest BCUT2D eigenvalue weighted by Gasteiger charge is 2.37. The number of anilines is 6. The van der Waals surface area contributed by atoms with Crippen LogP contribution < -0.4 is 9.80 Å². The Bertz CT molecular complexity index is 4070. The molecule has 0 aliphatic heterocycles. The highest BCUT2D eigenvalue weighted by Crippen LogP contribution is 2.54. The molecule has 2 heterocycles. The minimum Gasteiger partial charge on any atom is -0.310 e.